The van der Waals surface area contributed by atoms with E-state index in [1.165, 1.54) is 11.3 Å². The average molecular weight is 334 g/mol. The molecule has 0 aliphatic heterocycles. The van der Waals surface area contributed by atoms with Crippen LogP contribution in [0.2, 0.25) is 0 Å². The Bertz CT molecular complexity index is 707. The number of hydrogen-bond acceptors (Lipinski definition) is 5. The zero-order valence-corrected chi connectivity index (χ0v) is 13.7. The van der Waals surface area contributed by atoms with Gasteiger partial charge in [0, 0.05) is 10.9 Å². The Morgan fingerprint density at radius 2 is 1.96 bits per heavy atom. The van der Waals surface area contributed by atoms with Crippen molar-refractivity contribution in [2.75, 3.05) is 6.54 Å². The molecule has 1 aromatic heterocycles. The molecule has 0 radical (unpaired) electrons. The molecule has 0 saturated heterocycles. The highest BCUT2D eigenvalue weighted by Crippen LogP contribution is 2.24. The molecule has 3 N–H and O–H groups in total. The standard InChI is InChI=1S/C16H18N2O4S/c1-10-3-5-11(6-4-10)14-18-12(8-23-14)7-13(19)17-9-16(2,22)15(20)21/h3-6,8,22H,7,9H2,1-2H3,(H,17,19)(H,20,21). The van der Waals surface area contributed by atoms with Crippen molar-refractivity contribution in [2.45, 2.75) is 25.9 Å². The number of aliphatic carboxylic acids is 1. The highest BCUT2D eigenvalue weighted by molar-refractivity contribution is 7.13. The molecule has 2 rings (SSSR count). The van der Waals surface area contributed by atoms with E-state index in [2.05, 4.69) is 10.3 Å². The van der Waals surface area contributed by atoms with E-state index in [1.807, 2.05) is 31.2 Å². The van der Waals surface area contributed by atoms with Crippen molar-refractivity contribution in [3.63, 3.8) is 0 Å². The fraction of sp³-hybridized carbons (Fsp3) is 0.312. The van der Waals surface area contributed by atoms with Gasteiger partial charge in [0.05, 0.1) is 18.7 Å². The molecule has 1 unspecified atom stereocenters. The number of carbonyl (C=O) groups is 2. The number of carboxylic acid groups (broad SMARTS) is 1. The number of thiazole rings is 1. The van der Waals surface area contributed by atoms with E-state index in [4.69, 9.17) is 5.11 Å². The molecule has 0 aliphatic carbocycles. The van der Waals surface area contributed by atoms with Gasteiger partial charge in [0.1, 0.15) is 5.01 Å². The molecule has 0 spiro atoms. The second kappa shape index (κ2) is 6.89. The summed E-state index contributed by atoms with van der Waals surface area (Å²) in [6, 6.07) is 7.94. The molecule has 1 atom stereocenters. The second-order valence-corrected chi connectivity index (χ2v) is 6.40. The van der Waals surface area contributed by atoms with Crippen LogP contribution < -0.4 is 5.32 Å². The van der Waals surface area contributed by atoms with Crippen molar-refractivity contribution < 1.29 is 19.8 Å². The number of carboxylic acids is 1. The molecule has 0 aliphatic rings. The summed E-state index contributed by atoms with van der Waals surface area (Å²) in [5, 5.41) is 23.4. The molecule has 7 heteroatoms. The third-order valence-corrected chi connectivity index (χ3v) is 4.22. The van der Waals surface area contributed by atoms with Gasteiger partial charge in [0.2, 0.25) is 5.91 Å². The number of nitrogens with one attached hydrogen (secondary N) is 1. The zero-order valence-electron chi connectivity index (χ0n) is 12.9. The lowest BCUT2D eigenvalue weighted by atomic mass is 10.1. The van der Waals surface area contributed by atoms with Gasteiger partial charge < -0.3 is 15.5 Å². The van der Waals surface area contributed by atoms with Crippen LogP contribution in [0.3, 0.4) is 0 Å². The van der Waals surface area contributed by atoms with Crippen LogP contribution in [0.15, 0.2) is 29.6 Å². The van der Waals surface area contributed by atoms with Gasteiger partial charge in [0.15, 0.2) is 5.60 Å². The lowest BCUT2D eigenvalue weighted by Crippen LogP contribution is -2.46. The normalized spacial score (nSPS) is 13.3. The van der Waals surface area contributed by atoms with E-state index < -0.39 is 11.6 Å². The van der Waals surface area contributed by atoms with E-state index >= 15 is 0 Å². The minimum Gasteiger partial charge on any atom is -0.479 e. The summed E-state index contributed by atoms with van der Waals surface area (Å²) in [7, 11) is 0. The van der Waals surface area contributed by atoms with Crippen LogP contribution in [0.4, 0.5) is 0 Å². The Labute approximate surface area is 137 Å². The maximum absolute atomic E-state index is 11.8. The summed E-state index contributed by atoms with van der Waals surface area (Å²) in [6.07, 6.45) is 0.0397. The van der Waals surface area contributed by atoms with Crippen molar-refractivity contribution in [3.05, 3.63) is 40.9 Å². The van der Waals surface area contributed by atoms with E-state index in [0.29, 0.717) is 5.69 Å². The molecule has 1 amide bonds. The number of nitrogens with zero attached hydrogens (tertiary/aromatic N) is 1. The summed E-state index contributed by atoms with van der Waals surface area (Å²) in [5.74, 6) is -1.76. The zero-order chi connectivity index (χ0) is 17.0. The van der Waals surface area contributed by atoms with Crippen LogP contribution >= 0.6 is 11.3 Å². The predicted molar refractivity (Wildman–Crippen MR) is 87.3 cm³/mol. The van der Waals surface area contributed by atoms with Gasteiger partial charge in [-0.25, -0.2) is 9.78 Å². The number of amides is 1. The molecule has 122 valence electrons. The summed E-state index contributed by atoms with van der Waals surface area (Å²) >= 11 is 1.44. The smallest absolute Gasteiger partial charge is 0.337 e. The highest BCUT2D eigenvalue weighted by atomic mass is 32.1. The van der Waals surface area contributed by atoms with E-state index in [9.17, 15) is 14.7 Å². The Hall–Kier alpha value is -2.25. The molecule has 2 aromatic rings. The maximum Gasteiger partial charge on any atom is 0.337 e. The number of hydrogen-bond donors (Lipinski definition) is 3. The molecule has 0 bridgehead atoms. The maximum atomic E-state index is 11.8. The molecule has 6 nitrogen and oxygen atoms in total. The van der Waals surface area contributed by atoms with Gasteiger partial charge >= 0.3 is 5.97 Å². The van der Waals surface area contributed by atoms with Gasteiger partial charge in [-0.2, -0.15) is 0 Å². The largest absolute Gasteiger partial charge is 0.479 e. The Morgan fingerprint density at radius 1 is 1.30 bits per heavy atom. The average Bonchev–Trinajstić information content (AvgIpc) is 2.94. The van der Waals surface area contributed by atoms with Gasteiger partial charge in [-0.3, -0.25) is 4.79 Å². The summed E-state index contributed by atoms with van der Waals surface area (Å²) < 4.78 is 0. The van der Waals surface area contributed by atoms with Crippen LogP contribution in [0.5, 0.6) is 0 Å². The second-order valence-electron chi connectivity index (χ2n) is 5.54. The number of aromatic nitrogens is 1. The Balaban J connectivity index is 1.95. The van der Waals surface area contributed by atoms with Crippen LogP contribution in [0.1, 0.15) is 18.2 Å². The SMILES string of the molecule is Cc1ccc(-c2nc(CC(=O)NCC(C)(O)C(=O)O)cs2)cc1. The van der Waals surface area contributed by atoms with Gasteiger partial charge in [-0.05, 0) is 13.8 Å². The van der Waals surface area contributed by atoms with Crippen LogP contribution in [-0.4, -0.2) is 39.2 Å². The van der Waals surface area contributed by atoms with Gasteiger partial charge in [-0.1, -0.05) is 29.8 Å². The molecule has 1 heterocycles. The predicted octanol–water partition coefficient (Wildman–Crippen LogP) is 1.61. The summed E-state index contributed by atoms with van der Waals surface area (Å²) in [5.41, 5.74) is 0.777. The van der Waals surface area contributed by atoms with Gasteiger partial charge in [-0.15, -0.1) is 11.3 Å². The molecule has 0 saturated carbocycles. The third kappa shape index (κ3) is 4.61. The Kier molecular flexibility index (Phi) is 5.12. The summed E-state index contributed by atoms with van der Waals surface area (Å²) in [6.45, 7) is 2.79. The monoisotopic (exact) mass is 334 g/mol. The first-order valence-electron chi connectivity index (χ1n) is 7.02. The van der Waals surface area contributed by atoms with Crippen molar-refractivity contribution in [2.24, 2.45) is 0 Å². The first kappa shape index (κ1) is 17.1. The number of benzene rings is 1. The molecule has 0 fully saturated rings. The van der Waals surface area contributed by atoms with Crippen LogP contribution in [-0.2, 0) is 16.0 Å². The number of rotatable bonds is 6. The van der Waals surface area contributed by atoms with Crippen molar-refractivity contribution in [1.82, 2.24) is 10.3 Å². The number of carbonyl (C=O) groups excluding carboxylic acids is 1. The lowest BCUT2D eigenvalue weighted by Gasteiger charge is -2.17. The third-order valence-electron chi connectivity index (χ3n) is 3.28. The summed E-state index contributed by atoms with van der Waals surface area (Å²) in [4.78, 5) is 27.0. The van der Waals surface area contributed by atoms with E-state index in [1.54, 1.807) is 5.38 Å². The molecule has 23 heavy (non-hydrogen) atoms. The lowest BCUT2D eigenvalue weighted by molar-refractivity contribution is -0.156. The van der Waals surface area contributed by atoms with Crippen molar-refractivity contribution >= 4 is 23.2 Å². The molecular formula is C16H18N2O4S. The highest BCUT2D eigenvalue weighted by Gasteiger charge is 2.30. The van der Waals surface area contributed by atoms with Crippen molar-refractivity contribution in [3.8, 4) is 10.6 Å². The van der Waals surface area contributed by atoms with E-state index in [-0.39, 0.29) is 18.9 Å². The topological polar surface area (TPSA) is 99.5 Å². The van der Waals surface area contributed by atoms with E-state index in [0.717, 1.165) is 23.1 Å². The van der Waals surface area contributed by atoms with Gasteiger partial charge in [0.25, 0.3) is 0 Å². The molecule has 1 aromatic carbocycles. The fourth-order valence-corrected chi connectivity index (χ4v) is 2.62. The van der Waals surface area contributed by atoms with Crippen molar-refractivity contribution in [1.29, 1.82) is 0 Å². The minimum absolute atomic E-state index is 0.0397. The first-order valence-corrected chi connectivity index (χ1v) is 7.90. The number of aryl methyl sites for hydroxylation is 1. The first-order chi connectivity index (χ1) is 10.8. The van der Waals surface area contributed by atoms with Crippen LogP contribution in [0, 0.1) is 6.92 Å². The quantitative estimate of drug-likeness (QED) is 0.745. The minimum atomic E-state index is -1.98. The van der Waals surface area contributed by atoms with Crippen LogP contribution in [0.25, 0.3) is 10.6 Å². The fourth-order valence-electron chi connectivity index (χ4n) is 1.79. The Morgan fingerprint density at radius 3 is 2.57 bits per heavy atom. The number of aliphatic hydroxyl groups is 1. The molecular weight excluding hydrogens is 316 g/mol.